The average Bonchev–Trinajstić information content (AvgIpc) is 2.47. The minimum Gasteiger partial charge on any atom is -0.493 e. The molecule has 4 heteroatoms. The number of carbonyl (C=O) groups excluding carboxylic acids is 1. The molecule has 1 aromatic rings. The van der Waals surface area contributed by atoms with E-state index in [9.17, 15) is 4.79 Å². The van der Waals surface area contributed by atoms with Gasteiger partial charge >= 0.3 is 0 Å². The first-order chi connectivity index (χ1) is 9.58. The molecule has 20 heavy (non-hydrogen) atoms. The molecule has 0 saturated carbocycles. The number of hydrogen-bond donors (Lipinski definition) is 0. The molecular formula is C16H23BrO3. The smallest absolute Gasteiger partial charge is 0.167 e. The maximum atomic E-state index is 12.6. The second-order valence-electron chi connectivity index (χ2n) is 4.80. The fourth-order valence-corrected chi connectivity index (χ4v) is 2.75. The minimum atomic E-state index is 0.0735. The number of halogens is 1. The van der Waals surface area contributed by atoms with Crippen LogP contribution in [0.15, 0.2) is 16.6 Å². The zero-order chi connectivity index (χ0) is 15.1. The molecule has 0 aliphatic heterocycles. The van der Waals surface area contributed by atoms with Gasteiger partial charge < -0.3 is 9.47 Å². The van der Waals surface area contributed by atoms with Gasteiger partial charge in [-0.15, -0.1) is 0 Å². The van der Waals surface area contributed by atoms with Crippen LogP contribution in [0.25, 0.3) is 0 Å². The van der Waals surface area contributed by atoms with E-state index < -0.39 is 0 Å². The summed E-state index contributed by atoms with van der Waals surface area (Å²) >= 11 is 3.46. The van der Waals surface area contributed by atoms with Gasteiger partial charge in [0.1, 0.15) is 0 Å². The van der Waals surface area contributed by atoms with E-state index in [4.69, 9.17) is 9.47 Å². The van der Waals surface area contributed by atoms with Crippen LogP contribution in [0, 0.1) is 5.92 Å². The van der Waals surface area contributed by atoms with Crippen molar-refractivity contribution in [2.45, 2.75) is 39.5 Å². The lowest BCUT2D eigenvalue weighted by Gasteiger charge is -2.16. The highest BCUT2D eigenvalue weighted by Gasteiger charge is 2.22. The maximum Gasteiger partial charge on any atom is 0.167 e. The normalized spacial score (nSPS) is 12.1. The molecule has 1 rings (SSSR count). The Hall–Kier alpha value is -1.03. The summed E-state index contributed by atoms with van der Waals surface area (Å²) in [6, 6.07) is 3.55. The Morgan fingerprint density at radius 1 is 1.20 bits per heavy atom. The summed E-state index contributed by atoms with van der Waals surface area (Å²) in [5.74, 6) is 1.46. The monoisotopic (exact) mass is 342 g/mol. The molecule has 1 aromatic carbocycles. The molecule has 112 valence electrons. The molecule has 0 amide bonds. The van der Waals surface area contributed by atoms with Crippen molar-refractivity contribution in [3.05, 3.63) is 22.2 Å². The van der Waals surface area contributed by atoms with E-state index in [1.807, 2.05) is 0 Å². The van der Waals surface area contributed by atoms with Crippen LogP contribution in [0.4, 0.5) is 0 Å². The molecule has 0 N–H and O–H groups in total. The summed E-state index contributed by atoms with van der Waals surface area (Å²) in [6.45, 7) is 4.20. The van der Waals surface area contributed by atoms with Crippen molar-refractivity contribution in [2.24, 2.45) is 5.92 Å². The van der Waals surface area contributed by atoms with Crippen molar-refractivity contribution in [3.63, 3.8) is 0 Å². The molecule has 0 aliphatic rings. The van der Waals surface area contributed by atoms with Crippen LogP contribution in [-0.4, -0.2) is 20.0 Å². The van der Waals surface area contributed by atoms with Crippen LogP contribution in [0.2, 0.25) is 0 Å². The molecule has 1 atom stereocenters. The third-order valence-corrected chi connectivity index (χ3v) is 4.16. The van der Waals surface area contributed by atoms with Crippen LogP contribution < -0.4 is 9.47 Å². The molecule has 0 aliphatic carbocycles. The number of carbonyl (C=O) groups is 1. The average molecular weight is 343 g/mol. The summed E-state index contributed by atoms with van der Waals surface area (Å²) < 4.78 is 11.3. The Balaban J connectivity index is 3.08. The van der Waals surface area contributed by atoms with Crippen molar-refractivity contribution in [2.75, 3.05) is 14.2 Å². The molecular weight excluding hydrogens is 320 g/mol. The van der Waals surface area contributed by atoms with Gasteiger partial charge in [0.15, 0.2) is 17.3 Å². The quantitative estimate of drug-likeness (QED) is 0.632. The number of hydrogen-bond acceptors (Lipinski definition) is 3. The molecule has 0 bridgehead atoms. The fraction of sp³-hybridized carbons (Fsp3) is 0.562. The van der Waals surface area contributed by atoms with Gasteiger partial charge in [-0.2, -0.15) is 0 Å². The lowest BCUT2D eigenvalue weighted by atomic mass is 9.90. The first-order valence-corrected chi connectivity index (χ1v) is 7.83. The van der Waals surface area contributed by atoms with Crippen LogP contribution in [0.5, 0.6) is 11.5 Å². The van der Waals surface area contributed by atoms with Crippen molar-refractivity contribution in [1.29, 1.82) is 0 Å². The SMILES string of the molecule is CCCCC(CC)C(=O)c1cc(OC)c(OC)cc1Br. The van der Waals surface area contributed by atoms with Gasteiger partial charge in [-0.05, 0) is 40.9 Å². The summed E-state index contributed by atoms with van der Waals surface area (Å²) in [4.78, 5) is 12.6. The first-order valence-electron chi connectivity index (χ1n) is 7.04. The van der Waals surface area contributed by atoms with Crippen LogP contribution >= 0.6 is 15.9 Å². The fourth-order valence-electron chi connectivity index (χ4n) is 2.23. The Morgan fingerprint density at radius 2 is 1.80 bits per heavy atom. The van der Waals surface area contributed by atoms with E-state index in [1.165, 1.54) is 0 Å². The van der Waals surface area contributed by atoms with Crippen LogP contribution in [0.3, 0.4) is 0 Å². The number of ether oxygens (including phenoxy) is 2. The van der Waals surface area contributed by atoms with Crippen molar-refractivity contribution < 1.29 is 14.3 Å². The van der Waals surface area contributed by atoms with E-state index in [-0.39, 0.29) is 11.7 Å². The summed E-state index contributed by atoms with van der Waals surface area (Å²) in [5.41, 5.74) is 0.672. The molecule has 3 nitrogen and oxygen atoms in total. The lowest BCUT2D eigenvalue weighted by molar-refractivity contribution is 0.0907. The van der Waals surface area contributed by atoms with Crippen LogP contribution in [-0.2, 0) is 0 Å². The second-order valence-corrected chi connectivity index (χ2v) is 5.65. The molecule has 1 unspecified atom stereocenters. The largest absolute Gasteiger partial charge is 0.493 e. The van der Waals surface area contributed by atoms with Gasteiger partial charge in [0, 0.05) is 16.0 Å². The van der Waals surface area contributed by atoms with Crippen molar-refractivity contribution >= 4 is 21.7 Å². The Morgan fingerprint density at radius 3 is 2.30 bits per heavy atom. The summed E-state index contributed by atoms with van der Waals surface area (Å²) in [5, 5.41) is 0. The number of methoxy groups -OCH3 is 2. The van der Waals surface area contributed by atoms with Gasteiger partial charge in [0.05, 0.1) is 14.2 Å². The highest BCUT2D eigenvalue weighted by Crippen LogP contribution is 2.35. The highest BCUT2D eigenvalue weighted by molar-refractivity contribution is 9.10. The molecule has 0 aromatic heterocycles. The lowest BCUT2D eigenvalue weighted by Crippen LogP contribution is -2.15. The number of Topliss-reactive ketones (excluding diaryl/α,β-unsaturated/α-hetero) is 1. The maximum absolute atomic E-state index is 12.6. The third-order valence-electron chi connectivity index (χ3n) is 3.51. The van der Waals surface area contributed by atoms with Gasteiger partial charge in [0.25, 0.3) is 0 Å². The zero-order valence-electron chi connectivity index (χ0n) is 12.7. The Labute approximate surface area is 129 Å². The molecule has 0 fully saturated rings. The van der Waals surface area contributed by atoms with Gasteiger partial charge in [0.2, 0.25) is 0 Å². The predicted octanol–water partition coefficient (Wildman–Crippen LogP) is 4.87. The number of ketones is 1. The standard InChI is InChI=1S/C16H23BrO3/c1-5-7-8-11(6-2)16(18)12-9-14(19-3)15(20-4)10-13(12)17/h9-11H,5-8H2,1-4H3. The topological polar surface area (TPSA) is 35.5 Å². The van der Waals surface area contributed by atoms with E-state index >= 15 is 0 Å². The van der Waals surface area contributed by atoms with E-state index in [0.29, 0.717) is 17.1 Å². The molecule has 0 spiro atoms. The minimum absolute atomic E-state index is 0.0735. The Bertz CT molecular complexity index is 457. The molecule has 0 saturated heterocycles. The van der Waals surface area contributed by atoms with Crippen molar-refractivity contribution in [3.8, 4) is 11.5 Å². The Kier molecular flexibility index (Phi) is 7.06. The van der Waals surface area contributed by atoms with E-state index in [2.05, 4.69) is 29.8 Å². The van der Waals surface area contributed by atoms with E-state index in [0.717, 1.165) is 30.2 Å². The van der Waals surface area contributed by atoms with Gasteiger partial charge in [-0.3, -0.25) is 4.79 Å². The molecule has 0 heterocycles. The third kappa shape index (κ3) is 3.98. The van der Waals surface area contributed by atoms with E-state index in [1.54, 1.807) is 26.4 Å². The second kappa shape index (κ2) is 8.30. The number of unbranched alkanes of at least 4 members (excludes halogenated alkanes) is 1. The first kappa shape index (κ1) is 17.0. The number of benzene rings is 1. The summed E-state index contributed by atoms with van der Waals surface area (Å²) in [6.07, 6.45) is 3.98. The molecule has 0 radical (unpaired) electrons. The zero-order valence-corrected chi connectivity index (χ0v) is 14.2. The van der Waals surface area contributed by atoms with Crippen LogP contribution in [0.1, 0.15) is 49.9 Å². The summed E-state index contributed by atoms with van der Waals surface area (Å²) in [7, 11) is 3.16. The highest BCUT2D eigenvalue weighted by atomic mass is 79.9. The predicted molar refractivity (Wildman–Crippen MR) is 84.9 cm³/mol. The van der Waals surface area contributed by atoms with Crippen molar-refractivity contribution in [1.82, 2.24) is 0 Å². The van der Waals surface area contributed by atoms with Gasteiger partial charge in [-0.25, -0.2) is 0 Å². The number of rotatable bonds is 8. The van der Waals surface area contributed by atoms with Gasteiger partial charge in [-0.1, -0.05) is 26.7 Å².